The molecule has 0 N–H and O–H groups in total. The van der Waals surface area contributed by atoms with E-state index in [0.717, 1.165) is 48.5 Å². The van der Waals surface area contributed by atoms with Gasteiger partial charge >= 0.3 is 0 Å². The normalized spacial score (nSPS) is 20.3. The van der Waals surface area contributed by atoms with Gasteiger partial charge in [0.05, 0.1) is 28.9 Å². The SMILES string of the molecule is CCc1cccc(C)c1-n1c(C)cc(/C=C2\SC(=Nc3ccccc3)N(C[C@@H]3CCCO3)C2=O)c1C. The summed E-state index contributed by atoms with van der Waals surface area (Å²) in [5.74, 6) is 0.000114. The third kappa shape index (κ3) is 4.80. The number of amidine groups is 1. The molecule has 6 heteroatoms. The minimum Gasteiger partial charge on any atom is -0.376 e. The number of aliphatic imine (C=N–C) groups is 1. The fourth-order valence-corrected chi connectivity index (χ4v) is 6.10. The fraction of sp³-hybridized carbons (Fsp3) is 0.333. The monoisotopic (exact) mass is 499 g/mol. The molecule has 0 aliphatic carbocycles. The maximum atomic E-state index is 13.6. The molecule has 2 aliphatic rings. The van der Waals surface area contributed by atoms with Crippen LogP contribution in [0.25, 0.3) is 11.8 Å². The Morgan fingerprint density at radius 2 is 1.92 bits per heavy atom. The van der Waals surface area contributed by atoms with Crippen molar-refractivity contribution >= 4 is 34.6 Å². The summed E-state index contributed by atoms with van der Waals surface area (Å²) >= 11 is 1.45. The van der Waals surface area contributed by atoms with Crippen LogP contribution in [0.15, 0.2) is 64.5 Å². The van der Waals surface area contributed by atoms with E-state index < -0.39 is 0 Å². The Balaban J connectivity index is 1.52. The zero-order valence-corrected chi connectivity index (χ0v) is 22.3. The van der Waals surface area contributed by atoms with Gasteiger partial charge in [-0.2, -0.15) is 0 Å². The van der Waals surface area contributed by atoms with E-state index in [1.165, 1.54) is 28.6 Å². The number of hydrogen-bond donors (Lipinski definition) is 0. The molecule has 186 valence electrons. The Morgan fingerprint density at radius 1 is 1.11 bits per heavy atom. The fourth-order valence-electron chi connectivity index (χ4n) is 5.10. The smallest absolute Gasteiger partial charge is 0.266 e. The molecule has 0 bridgehead atoms. The van der Waals surface area contributed by atoms with Crippen molar-refractivity contribution in [1.82, 2.24) is 9.47 Å². The van der Waals surface area contributed by atoms with Crippen LogP contribution in [0.1, 0.15) is 47.8 Å². The van der Waals surface area contributed by atoms with Gasteiger partial charge in [-0.3, -0.25) is 9.69 Å². The molecule has 1 aromatic heterocycles. The largest absolute Gasteiger partial charge is 0.376 e. The number of rotatable bonds is 6. The zero-order valence-electron chi connectivity index (χ0n) is 21.5. The molecule has 2 fully saturated rings. The molecule has 3 heterocycles. The molecule has 0 radical (unpaired) electrons. The minimum atomic E-state index is 0.000114. The molecule has 1 atom stereocenters. The molecular weight excluding hydrogens is 466 g/mol. The van der Waals surface area contributed by atoms with E-state index in [1.807, 2.05) is 36.4 Å². The summed E-state index contributed by atoms with van der Waals surface area (Å²) in [6, 6.07) is 18.5. The van der Waals surface area contributed by atoms with Gasteiger partial charge in [-0.25, -0.2) is 4.99 Å². The summed E-state index contributed by atoms with van der Waals surface area (Å²) in [4.78, 5) is 21.0. The highest BCUT2D eigenvalue weighted by Gasteiger charge is 2.36. The predicted molar refractivity (Wildman–Crippen MR) is 149 cm³/mol. The molecule has 2 aromatic carbocycles. The Labute approximate surface area is 217 Å². The lowest BCUT2D eigenvalue weighted by atomic mass is 10.1. The van der Waals surface area contributed by atoms with Crippen LogP contribution in [0.5, 0.6) is 0 Å². The first kappa shape index (κ1) is 24.6. The highest BCUT2D eigenvalue weighted by molar-refractivity contribution is 8.18. The van der Waals surface area contributed by atoms with Crippen molar-refractivity contribution in [3.63, 3.8) is 0 Å². The number of carbonyl (C=O) groups is 1. The molecular formula is C30H33N3O2S. The molecule has 5 rings (SSSR count). The quantitative estimate of drug-likeness (QED) is 0.353. The Bertz CT molecular complexity index is 1330. The second-order valence-corrected chi connectivity index (χ2v) is 10.5. The van der Waals surface area contributed by atoms with Gasteiger partial charge in [-0.15, -0.1) is 0 Å². The van der Waals surface area contributed by atoms with Gasteiger partial charge in [0.25, 0.3) is 5.91 Å². The number of ether oxygens (including phenoxy) is 1. The van der Waals surface area contributed by atoms with Gasteiger partial charge in [-0.05, 0) is 92.8 Å². The third-order valence-corrected chi connectivity index (χ3v) is 7.97. The molecule has 5 nitrogen and oxygen atoms in total. The standard InChI is InChI=1S/C30H33N3O2S/c1-5-23-12-9-11-20(2)28(23)33-21(3)17-24(22(33)4)18-27-29(34)32(19-26-15-10-16-35-26)30(36-27)31-25-13-7-6-8-14-25/h6-9,11-14,17-18,26H,5,10,15-16,19H2,1-4H3/b27-18-,31-30?/t26-/m0/s1. The van der Waals surface area contributed by atoms with Crippen molar-refractivity contribution in [3.05, 3.63) is 87.6 Å². The topological polar surface area (TPSA) is 46.8 Å². The van der Waals surface area contributed by atoms with Crippen molar-refractivity contribution in [3.8, 4) is 5.69 Å². The molecule has 0 spiro atoms. The molecule has 36 heavy (non-hydrogen) atoms. The van der Waals surface area contributed by atoms with E-state index in [-0.39, 0.29) is 12.0 Å². The van der Waals surface area contributed by atoms with Crippen LogP contribution in [0.3, 0.4) is 0 Å². The zero-order chi connectivity index (χ0) is 25.2. The summed E-state index contributed by atoms with van der Waals surface area (Å²) in [5, 5.41) is 0.717. The number of aromatic nitrogens is 1. The van der Waals surface area contributed by atoms with Crippen molar-refractivity contribution in [2.75, 3.05) is 13.2 Å². The molecule has 2 aliphatic heterocycles. The van der Waals surface area contributed by atoms with Gasteiger partial charge in [0.15, 0.2) is 5.17 Å². The van der Waals surface area contributed by atoms with Gasteiger partial charge in [0, 0.05) is 18.0 Å². The van der Waals surface area contributed by atoms with Crippen LogP contribution in [0.4, 0.5) is 5.69 Å². The third-order valence-electron chi connectivity index (χ3n) is 6.96. The van der Waals surface area contributed by atoms with Crippen LogP contribution in [0.2, 0.25) is 0 Å². The average Bonchev–Trinajstić information content (AvgIpc) is 3.56. The number of para-hydroxylation sites is 2. The number of hydrogen-bond acceptors (Lipinski definition) is 4. The Kier molecular flexibility index (Phi) is 7.17. The van der Waals surface area contributed by atoms with E-state index in [1.54, 1.807) is 4.90 Å². The first-order valence-electron chi connectivity index (χ1n) is 12.7. The highest BCUT2D eigenvalue weighted by atomic mass is 32.2. The van der Waals surface area contributed by atoms with Gasteiger partial charge < -0.3 is 9.30 Å². The minimum absolute atomic E-state index is 0.000114. The summed E-state index contributed by atoms with van der Waals surface area (Å²) in [5.41, 5.74) is 8.02. The Morgan fingerprint density at radius 3 is 2.64 bits per heavy atom. The predicted octanol–water partition coefficient (Wildman–Crippen LogP) is 6.75. The number of amides is 1. The van der Waals surface area contributed by atoms with Crippen LogP contribution in [0, 0.1) is 20.8 Å². The van der Waals surface area contributed by atoms with E-state index in [2.05, 4.69) is 56.5 Å². The molecule has 2 saturated heterocycles. The van der Waals surface area contributed by atoms with E-state index in [4.69, 9.17) is 9.73 Å². The maximum absolute atomic E-state index is 13.6. The maximum Gasteiger partial charge on any atom is 0.266 e. The van der Waals surface area contributed by atoms with Crippen molar-refractivity contribution < 1.29 is 9.53 Å². The molecule has 1 amide bonds. The lowest BCUT2D eigenvalue weighted by Gasteiger charge is -2.19. The van der Waals surface area contributed by atoms with Gasteiger partial charge in [0.1, 0.15) is 0 Å². The summed E-state index contributed by atoms with van der Waals surface area (Å²) in [6.45, 7) is 9.93. The van der Waals surface area contributed by atoms with Crippen molar-refractivity contribution in [2.45, 2.75) is 53.1 Å². The molecule has 0 unspecified atom stereocenters. The first-order chi connectivity index (χ1) is 17.5. The van der Waals surface area contributed by atoms with E-state index in [9.17, 15) is 4.79 Å². The number of aryl methyl sites for hydroxylation is 3. The number of nitrogens with zero attached hydrogens (tertiary/aromatic N) is 3. The Hall–Kier alpha value is -3.09. The van der Waals surface area contributed by atoms with Gasteiger partial charge in [0.2, 0.25) is 0 Å². The van der Waals surface area contributed by atoms with Crippen LogP contribution in [-0.2, 0) is 16.0 Å². The first-order valence-corrected chi connectivity index (χ1v) is 13.5. The second-order valence-electron chi connectivity index (χ2n) is 9.49. The van der Waals surface area contributed by atoms with Crippen LogP contribution >= 0.6 is 11.8 Å². The second kappa shape index (κ2) is 10.5. The average molecular weight is 500 g/mol. The highest BCUT2D eigenvalue weighted by Crippen LogP contribution is 2.36. The number of benzene rings is 2. The van der Waals surface area contributed by atoms with E-state index >= 15 is 0 Å². The van der Waals surface area contributed by atoms with Gasteiger partial charge in [-0.1, -0.05) is 43.3 Å². The lowest BCUT2D eigenvalue weighted by molar-refractivity contribution is -0.123. The summed E-state index contributed by atoms with van der Waals surface area (Å²) < 4.78 is 8.18. The van der Waals surface area contributed by atoms with Crippen molar-refractivity contribution in [1.29, 1.82) is 0 Å². The summed E-state index contributed by atoms with van der Waals surface area (Å²) in [6.07, 6.45) is 5.08. The number of carbonyl (C=O) groups excluding carboxylic acids is 1. The van der Waals surface area contributed by atoms with Crippen molar-refractivity contribution in [2.24, 2.45) is 4.99 Å². The van der Waals surface area contributed by atoms with Crippen LogP contribution in [-0.4, -0.2) is 39.8 Å². The molecule has 3 aromatic rings. The number of thioether (sulfide) groups is 1. The lowest BCUT2D eigenvalue weighted by Crippen LogP contribution is -2.36. The summed E-state index contributed by atoms with van der Waals surface area (Å²) in [7, 11) is 0. The van der Waals surface area contributed by atoms with Crippen LogP contribution < -0.4 is 0 Å². The molecule has 0 saturated carbocycles. The van der Waals surface area contributed by atoms with E-state index in [0.29, 0.717) is 16.6 Å².